The molecule has 0 amide bonds. The molecule has 1 N–H and O–H groups in total. The van der Waals surface area contributed by atoms with Gasteiger partial charge in [-0.2, -0.15) is 4.39 Å². The van der Waals surface area contributed by atoms with Gasteiger partial charge in [0.1, 0.15) is 0 Å². The summed E-state index contributed by atoms with van der Waals surface area (Å²) in [5.74, 6) is -2.19. The molecule has 0 saturated heterocycles. The minimum Gasteiger partial charge on any atom is -0.392 e. The number of benzene rings is 1. The highest BCUT2D eigenvalue weighted by molar-refractivity contribution is 5.80. The van der Waals surface area contributed by atoms with Crippen molar-refractivity contribution in [1.29, 1.82) is 0 Å². The van der Waals surface area contributed by atoms with Crippen LogP contribution in [0.2, 0.25) is 0 Å². The summed E-state index contributed by atoms with van der Waals surface area (Å²) >= 11 is 0. The van der Waals surface area contributed by atoms with E-state index in [4.69, 9.17) is 5.11 Å². The van der Waals surface area contributed by atoms with E-state index >= 15 is 0 Å². The molecule has 0 aliphatic carbocycles. The highest BCUT2D eigenvalue weighted by Crippen LogP contribution is 2.25. The second kappa shape index (κ2) is 3.02. The fourth-order valence-electron chi connectivity index (χ4n) is 1.30. The van der Waals surface area contributed by atoms with Crippen molar-refractivity contribution in [3.63, 3.8) is 0 Å². The Hall–Kier alpha value is -1.49. The van der Waals surface area contributed by atoms with Crippen LogP contribution in [0.4, 0.5) is 8.78 Å². The lowest BCUT2D eigenvalue weighted by Crippen LogP contribution is -1.94. The number of hydrogen-bond donors (Lipinski definition) is 1. The molecule has 1 aromatic heterocycles. The number of aryl methyl sites for hydroxylation is 1. The van der Waals surface area contributed by atoms with Crippen LogP contribution in [0, 0.1) is 18.6 Å². The van der Waals surface area contributed by atoms with Crippen molar-refractivity contribution in [2.45, 2.75) is 13.5 Å². The molecule has 1 heterocycles. The van der Waals surface area contributed by atoms with Crippen molar-refractivity contribution in [2.24, 2.45) is 0 Å². The van der Waals surface area contributed by atoms with E-state index < -0.39 is 18.2 Å². The van der Waals surface area contributed by atoms with Crippen LogP contribution in [0.5, 0.6) is 0 Å². The number of nitrogens with zero attached hydrogens (tertiary/aromatic N) is 1. The van der Waals surface area contributed by atoms with Crippen molar-refractivity contribution in [1.82, 2.24) is 5.16 Å². The fourth-order valence-corrected chi connectivity index (χ4v) is 1.30. The van der Waals surface area contributed by atoms with E-state index in [9.17, 15) is 8.78 Å². The van der Waals surface area contributed by atoms with E-state index in [1.807, 2.05) is 0 Å². The van der Waals surface area contributed by atoms with Gasteiger partial charge in [-0.1, -0.05) is 5.16 Å². The van der Waals surface area contributed by atoms with Gasteiger partial charge in [-0.15, -0.1) is 0 Å². The fraction of sp³-hybridized carbons (Fsp3) is 0.222. The molecule has 2 rings (SSSR count). The topological polar surface area (TPSA) is 46.3 Å². The maximum Gasteiger partial charge on any atom is 0.205 e. The SMILES string of the molecule is Cc1noc2c(F)c(F)c(CO)cc12. The Balaban J connectivity index is 2.87. The predicted molar refractivity (Wildman–Crippen MR) is 44.6 cm³/mol. The van der Waals surface area contributed by atoms with Gasteiger partial charge in [0, 0.05) is 10.9 Å². The van der Waals surface area contributed by atoms with E-state index in [1.54, 1.807) is 6.92 Å². The molecule has 0 radical (unpaired) electrons. The van der Waals surface area contributed by atoms with Crippen molar-refractivity contribution in [3.8, 4) is 0 Å². The highest BCUT2D eigenvalue weighted by atomic mass is 19.2. The lowest BCUT2D eigenvalue weighted by atomic mass is 10.1. The Morgan fingerprint density at radius 2 is 2.14 bits per heavy atom. The Kier molecular flexibility index (Phi) is 1.96. The normalized spacial score (nSPS) is 11.1. The number of fused-ring (bicyclic) bond motifs is 1. The van der Waals surface area contributed by atoms with E-state index in [2.05, 4.69) is 9.68 Å². The molecule has 0 atom stereocenters. The van der Waals surface area contributed by atoms with Crippen molar-refractivity contribution < 1.29 is 18.4 Å². The summed E-state index contributed by atoms with van der Waals surface area (Å²) in [6.07, 6.45) is 0. The van der Waals surface area contributed by atoms with Gasteiger partial charge < -0.3 is 9.63 Å². The minimum absolute atomic E-state index is 0.0960. The van der Waals surface area contributed by atoms with Gasteiger partial charge >= 0.3 is 0 Å². The molecule has 0 aliphatic rings. The van der Waals surface area contributed by atoms with Crippen molar-refractivity contribution in [2.75, 3.05) is 0 Å². The summed E-state index contributed by atoms with van der Waals surface area (Å²) < 4.78 is 31.0. The molecule has 74 valence electrons. The monoisotopic (exact) mass is 199 g/mol. The summed E-state index contributed by atoms with van der Waals surface area (Å²) in [6, 6.07) is 1.33. The van der Waals surface area contributed by atoms with Gasteiger partial charge in [0.2, 0.25) is 11.4 Å². The second-order valence-corrected chi connectivity index (χ2v) is 2.97. The molecule has 3 nitrogen and oxygen atoms in total. The van der Waals surface area contributed by atoms with Gasteiger partial charge in [0.05, 0.1) is 12.3 Å². The number of hydrogen-bond acceptors (Lipinski definition) is 3. The molecule has 0 saturated carbocycles. The number of halogens is 2. The zero-order valence-electron chi connectivity index (χ0n) is 7.34. The van der Waals surface area contributed by atoms with Gasteiger partial charge in [-0.3, -0.25) is 0 Å². The Morgan fingerprint density at radius 1 is 1.43 bits per heavy atom. The third kappa shape index (κ3) is 1.09. The van der Waals surface area contributed by atoms with E-state index in [0.717, 1.165) is 0 Å². The number of aliphatic hydroxyl groups excluding tert-OH is 1. The molecular weight excluding hydrogens is 192 g/mol. The summed E-state index contributed by atoms with van der Waals surface area (Å²) in [5, 5.41) is 12.7. The van der Waals surface area contributed by atoms with Crippen LogP contribution < -0.4 is 0 Å². The van der Waals surface area contributed by atoms with Crippen LogP contribution in [-0.4, -0.2) is 10.3 Å². The molecule has 0 unspecified atom stereocenters. The Bertz CT molecular complexity index is 493. The van der Waals surface area contributed by atoms with E-state index in [1.165, 1.54) is 6.07 Å². The van der Waals surface area contributed by atoms with Crippen LogP contribution in [0.3, 0.4) is 0 Å². The summed E-state index contributed by atoms with van der Waals surface area (Å²) in [7, 11) is 0. The van der Waals surface area contributed by atoms with Crippen LogP contribution in [0.25, 0.3) is 11.0 Å². The average molecular weight is 199 g/mol. The molecule has 2 aromatic rings. The first-order chi connectivity index (χ1) is 6.65. The zero-order chi connectivity index (χ0) is 10.3. The highest BCUT2D eigenvalue weighted by Gasteiger charge is 2.17. The van der Waals surface area contributed by atoms with Crippen LogP contribution in [-0.2, 0) is 6.61 Å². The van der Waals surface area contributed by atoms with Gasteiger partial charge in [0.15, 0.2) is 5.82 Å². The third-order valence-electron chi connectivity index (χ3n) is 2.07. The van der Waals surface area contributed by atoms with Crippen molar-refractivity contribution >= 4 is 11.0 Å². The van der Waals surface area contributed by atoms with Crippen LogP contribution in [0.15, 0.2) is 10.6 Å². The Morgan fingerprint density at radius 3 is 2.79 bits per heavy atom. The zero-order valence-corrected chi connectivity index (χ0v) is 7.34. The first-order valence-electron chi connectivity index (χ1n) is 3.99. The number of rotatable bonds is 1. The summed E-state index contributed by atoms with van der Waals surface area (Å²) in [6.45, 7) is 1.06. The molecular formula is C9H7F2NO2. The van der Waals surface area contributed by atoms with Gasteiger partial charge in [-0.05, 0) is 13.0 Å². The minimum atomic E-state index is -1.10. The summed E-state index contributed by atoms with van der Waals surface area (Å²) in [4.78, 5) is 0. The largest absolute Gasteiger partial charge is 0.392 e. The molecule has 0 fully saturated rings. The molecule has 0 bridgehead atoms. The molecule has 0 spiro atoms. The first-order valence-corrected chi connectivity index (χ1v) is 3.99. The quantitative estimate of drug-likeness (QED) is 0.763. The van der Waals surface area contributed by atoms with Crippen molar-refractivity contribution in [3.05, 3.63) is 29.0 Å². The molecule has 1 aromatic carbocycles. The maximum absolute atomic E-state index is 13.2. The lowest BCUT2D eigenvalue weighted by Gasteiger charge is -1.99. The average Bonchev–Trinajstić information content (AvgIpc) is 2.54. The van der Waals surface area contributed by atoms with Gasteiger partial charge in [-0.25, -0.2) is 4.39 Å². The van der Waals surface area contributed by atoms with E-state index in [-0.39, 0.29) is 11.1 Å². The first kappa shape index (κ1) is 9.08. The van der Waals surface area contributed by atoms with Crippen LogP contribution >= 0.6 is 0 Å². The smallest absolute Gasteiger partial charge is 0.205 e. The van der Waals surface area contributed by atoms with Gasteiger partial charge in [0.25, 0.3) is 0 Å². The molecule has 5 heteroatoms. The molecule has 0 aliphatic heterocycles. The second-order valence-electron chi connectivity index (χ2n) is 2.97. The maximum atomic E-state index is 13.2. The number of aliphatic hydroxyl groups is 1. The van der Waals surface area contributed by atoms with Crippen LogP contribution in [0.1, 0.15) is 11.3 Å². The van der Waals surface area contributed by atoms with E-state index in [0.29, 0.717) is 11.1 Å². The Labute approximate surface area is 77.9 Å². The number of aromatic nitrogens is 1. The standard InChI is InChI=1S/C9H7F2NO2/c1-4-6-2-5(3-13)7(10)8(11)9(6)14-12-4/h2,13H,3H2,1H3. The molecule has 14 heavy (non-hydrogen) atoms. The summed E-state index contributed by atoms with van der Waals surface area (Å²) in [5.41, 5.74) is 0.159. The third-order valence-corrected chi connectivity index (χ3v) is 2.07. The predicted octanol–water partition coefficient (Wildman–Crippen LogP) is 1.91. The lowest BCUT2D eigenvalue weighted by molar-refractivity contribution is 0.273.